The molecule has 1 aromatic heterocycles. The molecule has 0 bridgehead atoms. The van der Waals surface area contributed by atoms with Gasteiger partial charge in [-0.3, -0.25) is 0 Å². The van der Waals surface area contributed by atoms with Crippen LogP contribution in [0.1, 0.15) is 47.6 Å². The molecule has 0 radical (unpaired) electrons. The predicted molar refractivity (Wildman–Crippen MR) is 61.1 cm³/mol. The minimum Gasteiger partial charge on any atom is -0.478 e. The highest BCUT2D eigenvalue weighted by atomic mass is 16.5. The van der Waals surface area contributed by atoms with Gasteiger partial charge in [0.25, 0.3) is 0 Å². The summed E-state index contributed by atoms with van der Waals surface area (Å²) in [6, 6.07) is 0. The average molecular weight is 236 g/mol. The van der Waals surface area contributed by atoms with Crippen molar-refractivity contribution in [2.75, 3.05) is 7.11 Å². The molecule has 1 heterocycles. The fraction of sp³-hybridized carbons (Fsp3) is 0.583. The van der Waals surface area contributed by atoms with E-state index in [9.17, 15) is 4.79 Å². The van der Waals surface area contributed by atoms with E-state index in [0.29, 0.717) is 23.9 Å². The number of nitrogens with zero attached hydrogens (tertiary/aromatic N) is 2. The number of carboxylic acids is 1. The Bertz CT molecular complexity index is 430. The van der Waals surface area contributed by atoms with Gasteiger partial charge in [-0.05, 0) is 19.8 Å². The Morgan fingerprint density at radius 2 is 2.35 bits per heavy atom. The monoisotopic (exact) mass is 236 g/mol. The molecule has 0 aliphatic heterocycles. The van der Waals surface area contributed by atoms with E-state index in [0.717, 1.165) is 12.8 Å². The van der Waals surface area contributed by atoms with Gasteiger partial charge < -0.3 is 9.84 Å². The molecule has 92 valence electrons. The number of ether oxygens (including phenoxy) is 1. The lowest BCUT2D eigenvalue weighted by Crippen LogP contribution is -2.14. The van der Waals surface area contributed by atoms with E-state index in [1.807, 2.05) is 6.92 Å². The third-order valence-corrected chi connectivity index (χ3v) is 2.93. The number of hydrogen-bond donors (Lipinski definition) is 1. The van der Waals surface area contributed by atoms with E-state index in [1.54, 1.807) is 7.11 Å². The van der Waals surface area contributed by atoms with Crippen LogP contribution in [-0.2, 0) is 11.2 Å². The fourth-order valence-electron chi connectivity index (χ4n) is 1.70. The fourth-order valence-corrected chi connectivity index (χ4v) is 1.70. The number of carboxylic acid groups (broad SMARTS) is 1. The van der Waals surface area contributed by atoms with Gasteiger partial charge >= 0.3 is 5.97 Å². The maximum atomic E-state index is 11.0. The van der Waals surface area contributed by atoms with Gasteiger partial charge in [-0.15, -0.1) is 0 Å². The Hall–Kier alpha value is -1.49. The van der Waals surface area contributed by atoms with Crippen molar-refractivity contribution in [2.45, 2.75) is 38.2 Å². The zero-order chi connectivity index (χ0) is 12.4. The minimum atomic E-state index is -0.946. The van der Waals surface area contributed by atoms with Crippen LogP contribution >= 0.6 is 0 Å². The molecule has 2 rings (SSSR count). The summed E-state index contributed by atoms with van der Waals surface area (Å²) < 4.78 is 5.15. The number of hydrogen-bond acceptors (Lipinski definition) is 4. The highest BCUT2D eigenvalue weighted by molar-refractivity contribution is 5.88. The molecular weight excluding hydrogens is 220 g/mol. The lowest BCUT2D eigenvalue weighted by Gasteiger charge is -2.10. The number of rotatable bonds is 5. The standard InChI is InChI=1S/C12H16N2O3/c1-7(17-2)5-10-13-6-9(12(15)16)11(14-10)8-3-4-8/h6-8H,3-5H2,1-2H3,(H,15,16). The molecule has 1 aliphatic carbocycles. The summed E-state index contributed by atoms with van der Waals surface area (Å²) in [6.07, 6.45) is 4.11. The van der Waals surface area contributed by atoms with Crippen molar-refractivity contribution in [3.63, 3.8) is 0 Å². The molecule has 1 aromatic rings. The van der Waals surface area contributed by atoms with Crippen LogP contribution in [-0.4, -0.2) is 34.3 Å². The number of methoxy groups -OCH3 is 1. The van der Waals surface area contributed by atoms with Crippen molar-refractivity contribution in [1.29, 1.82) is 0 Å². The number of aromatic nitrogens is 2. The molecule has 1 saturated carbocycles. The van der Waals surface area contributed by atoms with Crippen LogP contribution in [0.4, 0.5) is 0 Å². The van der Waals surface area contributed by atoms with Crippen LogP contribution in [0.5, 0.6) is 0 Å². The first-order chi connectivity index (χ1) is 8.11. The van der Waals surface area contributed by atoms with Gasteiger partial charge in [0.2, 0.25) is 0 Å². The van der Waals surface area contributed by atoms with E-state index in [1.165, 1.54) is 6.20 Å². The molecule has 1 aliphatic rings. The lowest BCUT2D eigenvalue weighted by atomic mass is 10.1. The van der Waals surface area contributed by atoms with Gasteiger partial charge in [-0.25, -0.2) is 14.8 Å². The molecule has 0 saturated heterocycles. The van der Waals surface area contributed by atoms with Crippen LogP contribution in [0.3, 0.4) is 0 Å². The zero-order valence-electron chi connectivity index (χ0n) is 10.0. The summed E-state index contributed by atoms with van der Waals surface area (Å²) >= 11 is 0. The second-order valence-electron chi connectivity index (χ2n) is 4.42. The number of carbonyl (C=O) groups is 1. The Morgan fingerprint density at radius 1 is 1.65 bits per heavy atom. The summed E-state index contributed by atoms with van der Waals surface area (Å²) in [5.74, 6) is 0.0187. The lowest BCUT2D eigenvalue weighted by molar-refractivity contribution is 0.0694. The van der Waals surface area contributed by atoms with Gasteiger partial charge in [-0.1, -0.05) is 0 Å². The van der Waals surface area contributed by atoms with E-state index < -0.39 is 5.97 Å². The van der Waals surface area contributed by atoms with Gasteiger partial charge in [0.15, 0.2) is 0 Å². The van der Waals surface area contributed by atoms with Crippen LogP contribution in [0, 0.1) is 0 Å². The third kappa shape index (κ3) is 2.79. The van der Waals surface area contributed by atoms with Crippen LogP contribution in [0.2, 0.25) is 0 Å². The molecule has 17 heavy (non-hydrogen) atoms. The first-order valence-corrected chi connectivity index (χ1v) is 5.73. The Morgan fingerprint density at radius 3 is 2.88 bits per heavy atom. The molecule has 5 nitrogen and oxygen atoms in total. The zero-order valence-corrected chi connectivity index (χ0v) is 10.0. The number of aromatic carboxylic acids is 1. The van der Waals surface area contributed by atoms with Gasteiger partial charge in [0.05, 0.1) is 17.4 Å². The molecule has 1 atom stereocenters. The van der Waals surface area contributed by atoms with E-state index in [4.69, 9.17) is 9.84 Å². The van der Waals surface area contributed by atoms with Crippen LogP contribution in [0.15, 0.2) is 6.20 Å². The van der Waals surface area contributed by atoms with E-state index >= 15 is 0 Å². The third-order valence-electron chi connectivity index (χ3n) is 2.93. The maximum absolute atomic E-state index is 11.0. The Kier molecular flexibility index (Phi) is 3.38. The highest BCUT2D eigenvalue weighted by Crippen LogP contribution is 2.40. The van der Waals surface area contributed by atoms with Crippen molar-refractivity contribution < 1.29 is 14.6 Å². The second kappa shape index (κ2) is 4.79. The van der Waals surface area contributed by atoms with Crippen molar-refractivity contribution >= 4 is 5.97 Å². The summed E-state index contributed by atoms with van der Waals surface area (Å²) in [7, 11) is 1.64. The summed E-state index contributed by atoms with van der Waals surface area (Å²) in [4.78, 5) is 19.5. The van der Waals surface area contributed by atoms with Crippen molar-refractivity contribution in [2.24, 2.45) is 0 Å². The molecule has 0 spiro atoms. The van der Waals surface area contributed by atoms with Crippen LogP contribution < -0.4 is 0 Å². The smallest absolute Gasteiger partial charge is 0.339 e. The summed E-state index contributed by atoms with van der Waals surface area (Å²) in [5, 5.41) is 9.06. The van der Waals surface area contributed by atoms with Gasteiger partial charge in [0, 0.05) is 25.6 Å². The first-order valence-electron chi connectivity index (χ1n) is 5.73. The Balaban J connectivity index is 2.25. The van der Waals surface area contributed by atoms with Crippen molar-refractivity contribution in [3.8, 4) is 0 Å². The molecule has 1 N–H and O–H groups in total. The average Bonchev–Trinajstić information content (AvgIpc) is 3.12. The van der Waals surface area contributed by atoms with E-state index in [2.05, 4.69) is 9.97 Å². The van der Waals surface area contributed by atoms with E-state index in [-0.39, 0.29) is 11.7 Å². The SMILES string of the molecule is COC(C)Cc1ncc(C(=O)O)c(C2CC2)n1. The maximum Gasteiger partial charge on any atom is 0.339 e. The molecule has 0 amide bonds. The molecule has 5 heteroatoms. The predicted octanol–water partition coefficient (Wildman–Crippen LogP) is 1.63. The summed E-state index contributed by atoms with van der Waals surface area (Å²) in [5.41, 5.74) is 0.923. The largest absolute Gasteiger partial charge is 0.478 e. The molecule has 1 unspecified atom stereocenters. The molecular formula is C12H16N2O3. The van der Waals surface area contributed by atoms with Gasteiger partial charge in [0.1, 0.15) is 5.82 Å². The molecule has 1 fully saturated rings. The van der Waals surface area contributed by atoms with Crippen molar-refractivity contribution in [1.82, 2.24) is 9.97 Å². The summed E-state index contributed by atoms with van der Waals surface area (Å²) in [6.45, 7) is 1.94. The second-order valence-corrected chi connectivity index (χ2v) is 4.42. The normalized spacial score (nSPS) is 16.8. The highest BCUT2D eigenvalue weighted by Gasteiger charge is 2.30. The van der Waals surface area contributed by atoms with Gasteiger partial charge in [-0.2, -0.15) is 0 Å². The van der Waals surface area contributed by atoms with Crippen molar-refractivity contribution in [3.05, 3.63) is 23.3 Å². The quantitative estimate of drug-likeness (QED) is 0.841. The minimum absolute atomic E-state index is 0.0396. The Labute approximate surface area is 99.9 Å². The molecule has 0 aromatic carbocycles. The topological polar surface area (TPSA) is 72.3 Å². The van der Waals surface area contributed by atoms with Crippen LogP contribution in [0.25, 0.3) is 0 Å². The first kappa shape index (κ1) is 12.0.